The van der Waals surface area contributed by atoms with E-state index in [4.69, 9.17) is 5.26 Å². The monoisotopic (exact) mass is 214 g/mol. The number of fused-ring (bicyclic) bond motifs is 1. The summed E-state index contributed by atoms with van der Waals surface area (Å²) in [5.74, 6) is 0. The van der Waals surface area contributed by atoms with E-state index < -0.39 is 0 Å². The SMILES string of the molecule is CC.Cc1ccc2[nH]c(=O)cc(C#N)c2c1. The van der Waals surface area contributed by atoms with Gasteiger partial charge in [0, 0.05) is 17.0 Å². The molecule has 0 aliphatic carbocycles. The predicted octanol–water partition coefficient (Wildman–Crippen LogP) is 2.73. The molecular formula is C13H14N2O. The van der Waals surface area contributed by atoms with Gasteiger partial charge in [-0.2, -0.15) is 5.26 Å². The maximum Gasteiger partial charge on any atom is 0.249 e. The van der Waals surface area contributed by atoms with Crippen LogP contribution in [0.15, 0.2) is 29.1 Å². The van der Waals surface area contributed by atoms with Gasteiger partial charge in [-0.1, -0.05) is 25.5 Å². The summed E-state index contributed by atoms with van der Waals surface area (Å²) >= 11 is 0. The van der Waals surface area contributed by atoms with Crippen LogP contribution < -0.4 is 5.56 Å². The average Bonchev–Trinajstić information content (AvgIpc) is 2.31. The van der Waals surface area contributed by atoms with Gasteiger partial charge in [-0.05, 0) is 19.1 Å². The molecule has 3 nitrogen and oxygen atoms in total. The molecule has 0 amide bonds. The zero-order chi connectivity index (χ0) is 12.1. The Bertz CT molecular complexity index is 591. The van der Waals surface area contributed by atoms with Crippen molar-refractivity contribution >= 4 is 10.9 Å². The number of nitriles is 1. The summed E-state index contributed by atoms with van der Waals surface area (Å²) < 4.78 is 0. The Morgan fingerprint density at radius 1 is 1.25 bits per heavy atom. The Morgan fingerprint density at radius 2 is 1.94 bits per heavy atom. The van der Waals surface area contributed by atoms with Crippen LogP contribution in [0.3, 0.4) is 0 Å². The molecule has 0 spiro atoms. The lowest BCUT2D eigenvalue weighted by Crippen LogP contribution is -2.05. The average molecular weight is 214 g/mol. The van der Waals surface area contributed by atoms with E-state index in [1.54, 1.807) is 0 Å². The summed E-state index contributed by atoms with van der Waals surface area (Å²) in [6.45, 7) is 5.95. The lowest BCUT2D eigenvalue weighted by molar-refractivity contribution is 1.29. The molecule has 0 aliphatic heterocycles. The molecule has 0 saturated heterocycles. The first kappa shape index (κ1) is 12.0. The summed E-state index contributed by atoms with van der Waals surface area (Å²) in [4.78, 5) is 13.8. The van der Waals surface area contributed by atoms with Gasteiger partial charge < -0.3 is 4.98 Å². The van der Waals surface area contributed by atoms with Crippen LogP contribution in [0.1, 0.15) is 25.0 Å². The summed E-state index contributed by atoms with van der Waals surface area (Å²) in [6, 6.07) is 8.95. The van der Waals surface area contributed by atoms with Crippen molar-refractivity contribution in [3.63, 3.8) is 0 Å². The molecule has 0 fully saturated rings. The summed E-state index contributed by atoms with van der Waals surface area (Å²) in [7, 11) is 0. The summed E-state index contributed by atoms with van der Waals surface area (Å²) in [6.07, 6.45) is 0. The topological polar surface area (TPSA) is 56.6 Å². The normalized spacial score (nSPS) is 9.12. The fourth-order valence-corrected chi connectivity index (χ4v) is 1.46. The van der Waals surface area contributed by atoms with Crippen molar-refractivity contribution in [1.82, 2.24) is 4.98 Å². The van der Waals surface area contributed by atoms with Crippen LogP contribution in [0.2, 0.25) is 0 Å². The maximum absolute atomic E-state index is 11.1. The molecule has 1 heterocycles. The van der Waals surface area contributed by atoms with Gasteiger partial charge in [0.25, 0.3) is 0 Å². The predicted molar refractivity (Wildman–Crippen MR) is 65.4 cm³/mol. The van der Waals surface area contributed by atoms with Gasteiger partial charge in [0.05, 0.1) is 5.56 Å². The van der Waals surface area contributed by atoms with E-state index in [9.17, 15) is 4.79 Å². The molecule has 16 heavy (non-hydrogen) atoms. The number of H-pyrrole nitrogens is 1. The lowest BCUT2D eigenvalue weighted by atomic mass is 10.1. The van der Waals surface area contributed by atoms with E-state index >= 15 is 0 Å². The second-order valence-electron chi connectivity index (χ2n) is 3.21. The zero-order valence-corrected chi connectivity index (χ0v) is 9.66. The number of pyridine rings is 1. The molecule has 82 valence electrons. The van der Waals surface area contributed by atoms with E-state index in [0.29, 0.717) is 11.1 Å². The molecule has 0 atom stereocenters. The number of hydrogen-bond acceptors (Lipinski definition) is 2. The van der Waals surface area contributed by atoms with Crippen LogP contribution >= 0.6 is 0 Å². The van der Waals surface area contributed by atoms with Gasteiger partial charge >= 0.3 is 0 Å². The van der Waals surface area contributed by atoms with Crippen molar-refractivity contribution in [2.45, 2.75) is 20.8 Å². The quantitative estimate of drug-likeness (QED) is 0.733. The number of nitrogens with one attached hydrogen (secondary N) is 1. The molecule has 0 radical (unpaired) electrons. The molecule has 3 heteroatoms. The molecular weight excluding hydrogens is 200 g/mol. The molecule has 1 aromatic heterocycles. The highest BCUT2D eigenvalue weighted by Crippen LogP contribution is 2.15. The fourth-order valence-electron chi connectivity index (χ4n) is 1.46. The third-order valence-corrected chi connectivity index (χ3v) is 2.12. The van der Waals surface area contributed by atoms with Crippen molar-refractivity contribution in [2.75, 3.05) is 0 Å². The Labute approximate surface area is 94.4 Å². The second-order valence-corrected chi connectivity index (χ2v) is 3.21. The first-order chi connectivity index (χ1) is 7.70. The molecule has 0 saturated carbocycles. The second kappa shape index (κ2) is 5.13. The third-order valence-electron chi connectivity index (χ3n) is 2.12. The van der Waals surface area contributed by atoms with Crippen LogP contribution in [0.25, 0.3) is 10.9 Å². The Morgan fingerprint density at radius 3 is 2.56 bits per heavy atom. The van der Waals surface area contributed by atoms with Crippen LogP contribution in [-0.2, 0) is 0 Å². The number of hydrogen-bond donors (Lipinski definition) is 1. The number of nitrogens with zero attached hydrogens (tertiary/aromatic N) is 1. The Balaban J connectivity index is 0.000000606. The van der Waals surface area contributed by atoms with E-state index in [1.807, 2.05) is 45.0 Å². The number of aromatic nitrogens is 1. The minimum Gasteiger partial charge on any atom is -0.322 e. The summed E-state index contributed by atoms with van der Waals surface area (Å²) in [5, 5.41) is 9.65. The van der Waals surface area contributed by atoms with E-state index in [0.717, 1.165) is 10.9 Å². The highest BCUT2D eigenvalue weighted by molar-refractivity contribution is 5.84. The molecule has 1 N–H and O–H groups in total. The molecule has 2 aromatic rings. The van der Waals surface area contributed by atoms with Gasteiger partial charge in [0.2, 0.25) is 5.56 Å². The smallest absolute Gasteiger partial charge is 0.249 e. The van der Waals surface area contributed by atoms with E-state index in [-0.39, 0.29) is 5.56 Å². The number of rotatable bonds is 0. The number of benzene rings is 1. The zero-order valence-electron chi connectivity index (χ0n) is 9.66. The minimum absolute atomic E-state index is 0.238. The molecule has 2 rings (SSSR count). The third kappa shape index (κ3) is 2.29. The van der Waals surface area contributed by atoms with Gasteiger partial charge in [-0.15, -0.1) is 0 Å². The molecule has 0 bridgehead atoms. The highest BCUT2D eigenvalue weighted by atomic mass is 16.1. The Kier molecular flexibility index (Phi) is 3.84. The van der Waals surface area contributed by atoms with Crippen molar-refractivity contribution in [3.05, 3.63) is 45.7 Å². The highest BCUT2D eigenvalue weighted by Gasteiger charge is 2.01. The maximum atomic E-state index is 11.1. The van der Waals surface area contributed by atoms with Gasteiger partial charge in [0.15, 0.2) is 0 Å². The van der Waals surface area contributed by atoms with Crippen molar-refractivity contribution in [1.29, 1.82) is 5.26 Å². The van der Waals surface area contributed by atoms with Crippen LogP contribution in [0.5, 0.6) is 0 Å². The van der Waals surface area contributed by atoms with E-state index in [1.165, 1.54) is 6.07 Å². The van der Waals surface area contributed by atoms with Crippen LogP contribution in [-0.4, -0.2) is 4.98 Å². The molecule has 1 aromatic carbocycles. The number of aryl methyl sites for hydroxylation is 1. The largest absolute Gasteiger partial charge is 0.322 e. The first-order valence-corrected chi connectivity index (χ1v) is 5.24. The number of aromatic amines is 1. The molecule has 0 aliphatic rings. The first-order valence-electron chi connectivity index (χ1n) is 5.24. The summed E-state index contributed by atoms with van der Waals surface area (Å²) in [5.41, 5.74) is 1.96. The van der Waals surface area contributed by atoms with Gasteiger partial charge in [0.1, 0.15) is 6.07 Å². The van der Waals surface area contributed by atoms with Crippen LogP contribution in [0.4, 0.5) is 0 Å². The van der Waals surface area contributed by atoms with Gasteiger partial charge in [-0.25, -0.2) is 0 Å². The Hall–Kier alpha value is -2.08. The van der Waals surface area contributed by atoms with Gasteiger partial charge in [-0.3, -0.25) is 4.79 Å². The van der Waals surface area contributed by atoms with Crippen molar-refractivity contribution in [3.8, 4) is 6.07 Å². The standard InChI is InChI=1S/C11H8N2O.C2H6/c1-7-2-3-10-9(4-7)8(6-12)5-11(14)13-10;1-2/h2-5H,1H3,(H,13,14);1-2H3. The molecule has 0 unspecified atom stereocenters. The lowest BCUT2D eigenvalue weighted by Gasteiger charge is -2.00. The van der Waals surface area contributed by atoms with Crippen LogP contribution in [0, 0.1) is 18.3 Å². The van der Waals surface area contributed by atoms with E-state index in [2.05, 4.69) is 4.98 Å². The van der Waals surface area contributed by atoms with Crippen molar-refractivity contribution < 1.29 is 0 Å². The minimum atomic E-state index is -0.238. The fraction of sp³-hybridized carbons (Fsp3) is 0.231. The van der Waals surface area contributed by atoms with Crippen molar-refractivity contribution in [2.24, 2.45) is 0 Å².